The standard InChI is InChI=1S/C24H27ClFN5O2.C6H12O/c1-16(2)12-32-13-19(11-28-10-17-4-3-5-17)14-33-24-22(26)23(29-15-30-24)31-21-7-6-18(9-27)8-20(21)25;1-3-6(7-2)4-5-6/h6-8,10-11,15-16,28H,3-5,12-14H2,1-2H3,(H,29,30,31);3-5H2,1-2H3/b19-11+;. The average molecular weight is 572 g/mol. The highest BCUT2D eigenvalue weighted by Crippen LogP contribution is 2.41. The summed E-state index contributed by atoms with van der Waals surface area (Å²) in [5, 5.41) is 15.2. The van der Waals surface area contributed by atoms with Crippen molar-refractivity contribution in [3.63, 3.8) is 0 Å². The molecule has 2 aliphatic rings. The summed E-state index contributed by atoms with van der Waals surface area (Å²) in [5.41, 5.74) is 3.33. The molecule has 0 bridgehead atoms. The lowest BCUT2D eigenvalue weighted by Gasteiger charge is -2.16. The summed E-state index contributed by atoms with van der Waals surface area (Å²) in [6, 6.07) is 6.64. The van der Waals surface area contributed by atoms with Crippen LogP contribution in [0.5, 0.6) is 5.88 Å². The quantitative estimate of drug-likeness (QED) is 0.264. The molecular formula is C30H39ClFN5O3. The van der Waals surface area contributed by atoms with Gasteiger partial charge in [0, 0.05) is 25.5 Å². The maximum atomic E-state index is 15.0. The van der Waals surface area contributed by atoms with E-state index in [2.05, 4.69) is 41.4 Å². The van der Waals surface area contributed by atoms with Gasteiger partial charge in [-0.1, -0.05) is 37.9 Å². The molecule has 1 aromatic heterocycles. The molecule has 0 unspecified atom stereocenters. The van der Waals surface area contributed by atoms with Crippen LogP contribution < -0.4 is 15.4 Å². The molecule has 2 aliphatic carbocycles. The summed E-state index contributed by atoms with van der Waals surface area (Å²) in [7, 11) is 1.80. The van der Waals surface area contributed by atoms with E-state index in [9.17, 15) is 4.39 Å². The van der Waals surface area contributed by atoms with Crippen LogP contribution in [-0.2, 0) is 9.47 Å². The first-order valence-corrected chi connectivity index (χ1v) is 14.0. The van der Waals surface area contributed by atoms with E-state index in [4.69, 9.17) is 31.1 Å². The van der Waals surface area contributed by atoms with Gasteiger partial charge in [-0.05, 0) is 68.8 Å². The Morgan fingerprint density at radius 3 is 2.58 bits per heavy atom. The van der Waals surface area contributed by atoms with Gasteiger partial charge in [0.15, 0.2) is 5.82 Å². The zero-order valence-corrected chi connectivity index (χ0v) is 24.5. The van der Waals surface area contributed by atoms with Gasteiger partial charge >= 0.3 is 0 Å². The number of hydrogen-bond donors (Lipinski definition) is 2. The molecular weight excluding hydrogens is 533 g/mol. The smallest absolute Gasteiger partial charge is 0.256 e. The van der Waals surface area contributed by atoms with Crippen LogP contribution in [0, 0.1) is 23.1 Å². The third-order valence-electron chi connectivity index (χ3n) is 6.70. The number of nitriles is 1. The minimum Gasteiger partial charge on any atom is -0.471 e. The minimum absolute atomic E-state index is 0.0824. The summed E-state index contributed by atoms with van der Waals surface area (Å²) in [6.07, 6.45) is 12.2. The summed E-state index contributed by atoms with van der Waals surface area (Å²) in [6.45, 7) is 7.39. The first-order valence-electron chi connectivity index (χ1n) is 13.6. The van der Waals surface area contributed by atoms with Gasteiger partial charge in [0.2, 0.25) is 5.82 Å². The predicted octanol–water partition coefficient (Wildman–Crippen LogP) is 7.05. The third kappa shape index (κ3) is 9.77. The van der Waals surface area contributed by atoms with E-state index in [0.29, 0.717) is 36.0 Å². The first-order chi connectivity index (χ1) is 19.3. The second-order valence-corrected chi connectivity index (χ2v) is 10.7. The van der Waals surface area contributed by atoms with Gasteiger partial charge in [-0.25, -0.2) is 4.98 Å². The van der Waals surface area contributed by atoms with Crippen LogP contribution >= 0.6 is 11.6 Å². The fourth-order valence-corrected chi connectivity index (χ4v) is 3.94. The molecule has 2 N–H and O–H groups in total. The second-order valence-electron chi connectivity index (χ2n) is 10.3. The van der Waals surface area contributed by atoms with E-state index in [1.54, 1.807) is 19.2 Å². The molecule has 0 spiro atoms. The van der Waals surface area contributed by atoms with Crippen molar-refractivity contribution in [1.29, 1.82) is 5.26 Å². The van der Waals surface area contributed by atoms with Gasteiger partial charge < -0.3 is 24.8 Å². The van der Waals surface area contributed by atoms with Crippen molar-refractivity contribution in [3.05, 3.63) is 64.5 Å². The Labute approximate surface area is 241 Å². The Morgan fingerprint density at radius 2 is 2.02 bits per heavy atom. The maximum Gasteiger partial charge on any atom is 0.256 e. The van der Waals surface area contributed by atoms with Crippen LogP contribution in [-0.4, -0.2) is 42.5 Å². The van der Waals surface area contributed by atoms with E-state index in [0.717, 1.165) is 18.4 Å². The Hall–Kier alpha value is -3.19. The van der Waals surface area contributed by atoms with Crippen LogP contribution in [0.1, 0.15) is 64.9 Å². The second kappa shape index (κ2) is 15.6. The highest BCUT2D eigenvalue weighted by molar-refractivity contribution is 6.33. The molecule has 40 heavy (non-hydrogen) atoms. The number of aromatic nitrogens is 2. The minimum atomic E-state index is -0.745. The Balaban J connectivity index is 0.000000547. The van der Waals surface area contributed by atoms with Crippen molar-refractivity contribution in [2.45, 2.75) is 64.9 Å². The highest BCUT2D eigenvalue weighted by Gasteiger charge is 2.40. The fraction of sp³-hybridized carbons (Fsp3) is 0.500. The molecule has 0 atom stereocenters. The fourth-order valence-electron chi connectivity index (χ4n) is 3.71. The molecule has 4 rings (SSSR count). The zero-order chi connectivity index (χ0) is 29.0. The molecule has 8 nitrogen and oxygen atoms in total. The number of allylic oxidation sites excluding steroid dienone is 1. The van der Waals surface area contributed by atoms with E-state index < -0.39 is 5.82 Å². The van der Waals surface area contributed by atoms with Crippen LogP contribution in [0.15, 0.2) is 48.1 Å². The lowest BCUT2D eigenvalue weighted by Crippen LogP contribution is -2.14. The Morgan fingerprint density at radius 1 is 1.25 bits per heavy atom. The van der Waals surface area contributed by atoms with Crippen LogP contribution in [0.3, 0.4) is 0 Å². The number of benzene rings is 1. The predicted molar refractivity (Wildman–Crippen MR) is 155 cm³/mol. The summed E-state index contributed by atoms with van der Waals surface area (Å²) in [5.74, 6) is -0.616. The number of rotatable bonds is 13. The molecule has 1 heterocycles. The van der Waals surface area contributed by atoms with Crippen molar-refractivity contribution in [2.75, 3.05) is 32.2 Å². The Bertz CT molecular complexity index is 1210. The van der Waals surface area contributed by atoms with Crippen LogP contribution in [0.4, 0.5) is 15.9 Å². The summed E-state index contributed by atoms with van der Waals surface area (Å²) in [4.78, 5) is 7.86. The number of halogens is 2. The lowest BCUT2D eigenvalue weighted by molar-refractivity contribution is 0.0772. The number of ether oxygens (including phenoxy) is 3. The molecule has 2 fully saturated rings. The van der Waals surface area contributed by atoms with Crippen molar-refractivity contribution < 1.29 is 18.6 Å². The molecule has 0 amide bonds. The average Bonchev–Trinajstić information content (AvgIpc) is 3.72. The van der Waals surface area contributed by atoms with Gasteiger partial charge in [0.25, 0.3) is 5.88 Å². The maximum absolute atomic E-state index is 15.0. The van der Waals surface area contributed by atoms with Crippen molar-refractivity contribution in [1.82, 2.24) is 15.3 Å². The largest absolute Gasteiger partial charge is 0.471 e. The van der Waals surface area contributed by atoms with Gasteiger partial charge in [0.1, 0.15) is 12.9 Å². The first kappa shape index (κ1) is 31.3. The Kier molecular flexibility index (Phi) is 12.2. The lowest BCUT2D eigenvalue weighted by atomic mass is 9.94. The summed E-state index contributed by atoms with van der Waals surface area (Å²) < 4.78 is 31.5. The van der Waals surface area contributed by atoms with E-state index in [-0.39, 0.29) is 23.3 Å². The number of hydrogen-bond acceptors (Lipinski definition) is 8. The normalized spacial score (nSPS) is 15.3. The van der Waals surface area contributed by atoms with Crippen molar-refractivity contribution in [2.24, 2.45) is 5.92 Å². The van der Waals surface area contributed by atoms with Gasteiger partial charge in [-0.3, -0.25) is 0 Å². The zero-order valence-electron chi connectivity index (χ0n) is 23.7. The monoisotopic (exact) mass is 571 g/mol. The van der Waals surface area contributed by atoms with E-state index >= 15 is 0 Å². The molecule has 0 saturated heterocycles. The third-order valence-corrected chi connectivity index (χ3v) is 7.01. The van der Waals surface area contributed by atoms with Gasteiger partial charge in [0.05, 0.1) is 34.6 Å². The SMILES string of the molecule is CC(C)COC/C(=C\NC=C1CCC1)COc1ncnc(Nc2ccc(C#N)cc2Cl)c1F.CCC1(OC)CC1. The van der Waals surface area contributed by atoms with Gasteiger partial charge in [-0.2, -0.15) is 14.6 Å². The molecule has 10 heteroatoms. The topological polar surface area (TPSA) is 101 Å². The van der Waals surface area contributed by atoms with Gasteiger partial charge in [-0.15, -0.1) is 0 Å². The molecule has 2 aromatic rings. The van der Waals surface area contributed by atoms with Crippen LogP contribution in [0.2, 0.25) is 5.02 Å². The molecule has 0 aliphatic heterocycles. The van der Waals surface area contributed by atoms with E-state index in [1.807, 2.05) is 18.5 Å². The number of nitrogens with zero attached hydrogens (tertiary/aromatic N) is 3. The summed E-state index contributed by atoms with van der Waals surface area (Å²) >= 11 is 6.17. The molecule has 0 radical (unpaired) electrons. The van der Waals surface area contributed by atoms with Crippen molar-refractivity contribution >= 4 is 23.1 Å². The number of anilines is 2. The van der Waals surface area contributed by atoms with Crippen LogP contribution in [0.25, 0.3) is 0 Å². The number of methoxy groups -OCH3 is 1. The molecule has 1 aromatic carbocycles. The molecule has 2 saturated carbocycles. The highest BCUT2D eigenvalue weighted by atomic mass is 35.5. The van der Waals surface area contributed by atoms with E-state index in [1.165, 1.54) is 43.7 Å². The number of nitrogens with one attached hydrogen (secondary N) is 2. The molecule has 216 valence electrons. The van der Waals surface area contributed by atoms with Crippen molar-refractivity contribution in [3.8, 4) is 11.9 Å².